The largest absolute Gasteiger partial charge is 0.331 e. The molecule has 1 saturated carbocycles. The summed E-state index contributed by atoms with van der Waals surface area (Å²) in [4.78, 5) is 15.5. The molecule has 4 nitrogen and oxygen atoms in total. The molecule has 0 spiro atoms. The van der Waals surface area contributed by atoms with Gasteiger partial charge in [0.2, 0.25) is 0 Å². The fourth-order valence-corrected chi connectivity index (χ4v) is 3.40. The maximum absolute atomic E-state index is 11.8. The predicted octanol–water partition coefficient (Wildman–Crippen LogP) is 2.16. The molecule has 2 rings (SSSR count). The molecule has 4 heteroatoms. The van der Waals surface area contributed by atoms with Gasteiger partial charge in [-0.05, 0) is 44.1 Å². The highest BCUT2D eigenvalue weighted by atomic mass is 16.2. The third kappa shape index (κ3) is 4.10. The second kappa shape index (κ2) is 6.60. The third-order valence-electron chi connectivity index (χ3n) is 4.65. The van der Waals surface area contributed by atoms with E-state index in [4.69, 9.17) is 0 Å². The van der Waals surface area contributed by atoms with Crippen LogP contribution >= 0.6 is 0 Å². The minimum Gasteiger partial charge on any atom is -0.331 e. The second-order valence-corrected chi connectivity index (χ2v) is 6.63. The lowest BCUT2D eigenvalue weighted by molar-refractivity contribution is 0.151. The molecule has 2 unspecified atom stereocenters. The number of likely N-dealkylation sites (tertiary alicyclic amines) is 1. The normalized spacial score (nSPS) is 28.7. The van der Waals surface area contributed by atoms with E-state index in [9.17, 15) is 4.79 Å². The Balaban J connectivity index is 1.65. The number of rotatable bonds is 3. The van der Waals surface area contributed by atoms with Crippen LogP contribution in [0.25, 0.3) is 0 Å². The zero-order valence-corrected chi connectivity index (χ0v) is 12.7. The summed E-state index contributed by atoms with van der Waals surface area (Å²) in [5.74, 6) is 1.81. The molecule has 0 aromatic heterocycles. The summed E-state index contributed by atoms with van der Waals surface area (Å²) in [5.41, 5.74) is 0. The molecule has 2 amide bonds. The third-order valence-corrected chi connectivity index (χ3v) is 4.65. The molecular weight excluding hydrogens is 238 g/mol. The smallest absolute Gasteiger partial charge is 0.319 e. The molecule has 2 aliphatic rings. The Morgan fingerprint density at radius 2 is 1.89 bits per heavy atom. The first-order chi connectivity index (χ1) is 9.06. The number of hydrogen-bond donors (Lipinski definition) is 1. The zero-order chi connectivity index (χ0) is 13.8. The van der Waals surface area contributed by atoms with Crippen LogP contribution in [0.15, 0.2) is 0 Å². The molecule has 1 saturated heterocycles. The van der Waals surface area contributed by atoms with Crippen molar-refractivity contribution >= 4 is 6.03 Å². The first kappa shape index (κ1) is 14.6. The molecule has 0 aromatic rings. The summed E-state index contributed by atoms with van der Waals surface area (Å²) in [6.07, 6.45) is 6.39. The molecule has 19 heavy (non-hydrogen) atoms. The van der Waals surface area contributed by atoms with Crippen molar-refractivity contribution in [3.8, 4) is 0 Å². The summed E-state index contributed by atoms with van der Waals surface area (Å²) in [7, 11) is 3.65. The van der Waals surface area contributed by atoms with Crippen LogP contribution in [0.1, 0.15) is 39.0 Å². The van der Waals surface area contributed by atoms with Gasteiger partial charge < -0.3 is 15.1 Å². The highest BCUT2D eigenvalue weighted by molar-refractivity contribution is 5.73. The molecule has 1 N–H and O–H groups in total. The molecule has 2 fully saturated rings. The van der Waals surface area contributed by atoms with Crippen molar-refractivity contribution in [2.75, 3.05) is 33.7 Å². The number of carbonyl (C=O) groups excluding carboxylic acids is 1. The van der Waals surface area contributed by atoms with Gasteiger partial charge in [0.05, 0.1) is 0 Å². The van der Waals surface area contributed by atoms with Gasteiger partial charge in [0, 0.05) is 33.2 Å². The van der Waals surface area contributed by atoms with Crippen molar-refractivity contribution in [2.45, 2.75) is 45.1 Å². The van der Waals surface area contributed by atoms with Gasteiger partial charge in [-0.25, -0.2) is 4.79 Å². The Hall–Kier alpha value is -0.770. The average Bonchev–Trinajstić information content (AvgIpc) is 2.82. The summed E-state index contributed by atoms with van der Waals surface area (Å²) >= 11 is 0. The Morgan fingerprint density at radius 3 is 2.42 bits per heavy atom. The zero-order valence-electron chi connectivity index (χ0n) is 12.7. The van der Waals surface area contributed by atoms with E-state index in [1.54, 1.807) is 4.90 Å². The Labute approximate surface area is 117 Å². The van der Waals surface area contributed by atoms with Crippen LogP contribution in [0.5, 0.6) is 0 Å². The van der Waals surface area contributed by atoms with E-state index < -0.39 is 0 Å². The quantitative estimate of drug-likeness (QED) is 0.850. The van der Waals surface area contributed by atoms with Crippen LogP contribution in [-0.4, -0.2) is 55.6 Å². The number of hydrogen-bond acceptors (Lipinski definition) is 2. The lowest BCUT2D eigenvalue weighted by Gasteiger charge is -2.34. The number of amides is 2. The highest BCUT2D eigenvalue weighted by Crippen LogP contribution is 2.29. The summed E-state index contributed by atoms with van der Waals surface area (Å²) in [5, 5.41) is 3.72. The van der Waals surface area contributed by atoms with E-state index in [2.05, 4.69) is 12.2 Å². The van der Waals surface area contributed by atoms with Crippen LogP contribution in [0, 0.1) is 11.8 Å². The van der Waals surface area contributed by atoms with E-state index in [-0.39, 0.29) is 6.03 Å². The molecular formula is C15H29N3O. The van der Waals surface area contributed by atoms with E-state index in [0.717, 1.165) is 37.8 Å². The lowest BCUT2D eigenvalue weighted by atomic mass is 10.0. The highest BCUT2D eigenvalue weighted by Gasteiger charge is 2.25. The minimum absolute atomic E-state index is 0.156. The van der Waals surface area contributed by atoms with Crippen molar-refractivity contribution < 1.29 is 4.79 Å². The van der Waals surface area contributed by atoms with Crippen molar-refractivity contribution in [2.24, 2.45) is 11.8 Å². The lowest BCUT2D eigenvalue weighted by Crippen LogP contribution is -2.48. The van der Waals surface area contributed by atoms with Crippen LogP contribution in [0.2, 0.25) is 0 Å². The van der Waals surface area contributed by atoms with E-state index in [1.165, 1.54) is 25.8 Å². The Bertz CT molecular complexity index is 298. The van der Waals surface area contributed by atoms with Crippen LogP contribution in [-0.2, 0) is 0 Å². The van der Waals surface area contributed by atoms with Gasteiger partial charge >= 0.3 is 6.03 Å². The first-order valence-electron chi connectivity index (χ1n) is 7.76. The number of nitrogens with zero attached hydrogens (tertiary/aromatic N) is 2. The standard InChI is InChI=1S/C15H29N3O/c1-12-4-5-13(10-12)11-16-14-6-8-18(9-7-14)15(19)17(2)3/h12-14,16H,4-11H2,1-3H3. The van der Waals surface area contributed by atoms with Crippen molar-refractivity contribution in [3.63, 3.8) is 0 Å². The van der Waals surface area contributed by atoms with Crippen molar-refractivity contribution in [1.82, 2.24) is 15.1 Å². The molecule has 110 valence electrons. The molecule has 0 bridgehead atoms. The molecule has 2 atom stereocenters. The molecule has 0 radical (unpaired) electrons. The predicted molar refractivity (Wildman–Crippen MR) is 78.2 cm³/mol. The topological polar surface area (TPSA) is 35.6 Å². The number of urea groups is 1. The number of piperidine rings is 1. The van der Waals surface area contributed by atoms with Crippen molar-refractivity contribution in [3.05, 3.63) is 0 Å². The summed E-state index contributed by atoms with van der Waals surface area (Å²) in [6, 6.07) is 0.769. The molecule has 1 aliphatic heterocycles. The maximum Gasteiger partial charge on any atom is 0.319 e. The van der Waals surface area contributed by atoms with Crippen LogP contribution in [0.3, 0.4) is 0 Å². The number of nitrogens with one attached hydrogen (secondary N) is 1. The Kier molecular flexibility index (Phi) is 5.08. The van der Waals surface area contributed by atoms with Gasteiger partial charge in [-0.1, -0.05) is 13.3 Å². The van der Waals surface area contributed by atoms with Gasteiger partial charge in [0.15, 0.2) is 0 Å². The van der Waals surface area contributed by atoms with E-state index in [1.807, 2.05) is 19.0 Å². The van der Waals surface area contributed by atoms with E-state index in [0.29, 0.717) is 6.04 Å². The number of carbonyl (C=O) groups is 1. The van der Waals surface area contributed by atoms with Gasteiger partial charge in [-0.2, -0.15) is 0 Å². The summed E-state index contributed by atoms with van der Waals surface area (Å²) in [6.45, 7) is 5.34. The fourth-order valence-electron chi connectivity index (χ4n) is 3.40. The average molecular weight is 267 g/mol. The van der Waals surface area contributed by atoms with E-state index >= 15 is 0 Å². The monoisotopic (exact) mass is 267 g/mol. The fraction of sp³-hybridized carbons (Fsp3) is 0.933. The van der Waals surface area contributed by atoms with Gasteiger partial charge in [0.1, 0.15) is 0 Å². The van der Waals surface area contributed by atoms with Gasteiger partial charge in [-0.3, -0.25) is 0 Å². The van der Waals surface area contributed by atoms with Gasteiger partial charge in [0.25, 0.3) is 0 Å². The van der Waals surface area contributed by atoms with Gasteiger partial charge in [-0.15, -0.1) is 0 Å². The maximum atomic E-state index is 11.8. The molecule has 0 aromatic carbocycles. The second-order valence-electron chi connectivity index (χ2n) is 6.63. The molecule has 1 heterocycles. The van der Waals surface area contributed by atoms with Crippen LogP contribution < -0.4 is 5.32 Å². The SMILES string of the molecule is CC1CCC(CNC2CCN(C(=O)N(C)C)CC2)C1. The Morgan fingerprint density at radius 1 is 1.21 bits per heavy atom. The summed E-state index contributed by atoms with van der Waals surface area (Å²) < 4.78 is 0. The first-order valence-corrected chi connectivity index (χ1v) is 7.76. The van der Waals surface area contributed by atoms with Crippen LogP contribution in [0.4, 0.5) is 4.79 Å². The molecule has 1 aliphatic carbocycles. The minimum atomic E-state index is 0.156. The van der Waals surface area contributed by atoms with Crippen molar-refractivity contribution in [1.29, 1.82) is 0 Å².